The molecule has 3 atom stereocenters. The van der Waals surface area contributed by atoms with Gasteiger partial charge in [-0.15, -0.1) is 0 Å². The summed E-state index contributed by atoms with van der Waals surface area (Å²) < 4.78 is 17.7. The van der Waals surface area contributed by atoms with Gasteiger partial charge in [0.25, 0.3) is 5.56 Å². The SMILES string of the molecule is CC(=O)OC[C@@H]1O[C@H](n2cnc3c(=O)[nH]c(NC(=O)C(C)C)nc32)C[C@H]1OC(C)=O. The Bertz CT molecular complexity index is 1030. The summed E-state index contributed by atoms with van der Waals surface area (Å²) in [6.45, 7) is 5.86. The Kier molecular flexibility index (Phi) is 6.15. The third kappa shape index (κ3) is 4.64. The molecule has 0 aliphatic carbocycles. The van der Waals surface area contributed by atoms with Crippen molar-refractivity contribution in [2.24, 2.45) is 5.92 Å². The molecule has 2 aromatic rings. The number of nitrogens with one attached hydrogen (secondary N) is 2. The summed E-state index contributed by atoms with van der Waals surface area (Å²) in [5, 5.41) is 2.54. The maximum atomic E-state index is 12.3. The van der Waals surface area contributed by atoms with E-state index in [0.29, 0.717) is 0 Å². The molecule has 0 saturated carbocycles. The first-order valence-corrected chi connectivity index (χ1v) is 9.39. The number of aromatic amines is 1. The molecule has 1 aliphatic heterocycles. The molecule has 1 fully saturated rings. The molecule has 12 nitrogen and oxygen atoms in total. The first kappa shape index (κ1) is 21.4. The van der Waals surface area contributed by atoms with Crippen LogP contribution in [0.2, 0.25) is 0 Å². The maximum absolute atomic E-state index is 12.3. The predicted octanol–water partition coefficient (Wildman–Crippen LogP) is 0.496. The van der Waals surface area contributed by atoms with Crippen LogP contribution in [0.3, 0.4) is 0 Å². The van der Waals surface area contributed by atoms with Crippen molar-refractivity contribution in [1.29, 1.82) is 0 Å². The lowest BCUT2D eigenvalue weighted by molar-refractivity contribution is -0.155. The highest BCUT2D eigenvalue weighted by Crippen LogP contribution is 2.32. The molecule has 1 aliphatic rings. The molecule has 0 bridgehead atoms. The van der Waals surface area contributed by atoms with E-state index in [-0.39, 0.29) is 42.0 Å². The van der Waals surface area contributed by atoms with E-state index in [2.05, 4.69) is 20.3 Å². The van der Waals surface area contributed by atoms with E-state index < -0.39 is 35.9 Å². The van der Waals surface area contributed by atoms with Gasteiger partial charge in [-0.05, 0) is 0 Å². The van der Waals surface area contributed by atoms with Gasteiger partial charge in [-0.25, -0.2) is 4.98 Å². The summed E-state index contributed by atoms with van der Waals surface area (Å²) in [7, 11) is 0. The van der Waals surface area contributed by atoms with Crippen LogP contribution in [0.1, 0.15) is 40.3 Å². The number of amides is 1. The monoisotopic (exact) mass is 421 g/mol. The van der Waals surface area contributed by atoms with Crippen molar-refractivity contribution in [1.82, 2.24) is 19.5 Å². The number of rotatable bonds is 6. The van der Waals surface area contributed by atoms with Crippen molar-refractivity contribution in [3.63, 3.8) is 0 Å². The minimum absolute atomic E-state index is 0.0149. The van der Waals surface area contributed by atoms with Gasteiger partial charge in [0.05, 0.1) is 6.33 Å². The lowest BCUT2D eigenvalue weighted by atomic mass is 10.2. The molecular weight excluding hydrogens is 398 g/mol. The van der Waals surface area contributed by atoms with Gasteiger partial charge in [-0.1, -0.05) is 13.8 Å². The first-order valence-electron chi connectivity index (χ1n) is 9.39. The van der Waals surface area contributed by atoms with Gasteiger partial charge in [0.15, 0.2) is 11.2 Å². The molecule has 162 valence electrons. The van der Waals surface area contributed by atoms with E-state index in [1.54, 1.807) is 13.8 Å². The Balaban J connectivity index is 1.90. The summed E-state index contributed by atoms with van der Waals surface area (Å²) in [6.07, 6.45) is -0.416. The van der Waals surface area contributed by atoms with Gasteiger partial charge in [-0.2, -0.15) is 4.98 Å². The average molecular weight is 421 g/mol. The van der Waals surface area contributed by atoms with Gasteiger partial charge >= 0.3 is 11.9 Å². The number of hydrogen-bond acceptors (Lipinski definition) is 9. The fraction of sp³-hybridized carbons (Fsp3) is 0.556. The minimum atomic E-state index is -0.692. The highest BCUT2D eigenvalue weighted by Gasteiger charge is 2.40. The Hall–Kier alpha value is -3.28. The number of nitrogens with zero attached hydrogens (tertiary/aromatic N) is 3. The lowest BCUT2D eigenvalue weighted by Crippen LogP contribution is -2.31. The highest BCUT2D eigenvalue weighted by molar-refractivity contribution is 5.91. The van der Waals surface area contributed by atoms with Gasteiger partial charge in [0.1, 0.15) is 25.0 Å². The smallest absolute Gasteiger partial charge is 0.303 e. The number of fused-ring (bicyclic) bond motifs is 1. The average Bonchev–Trinajstić information content (AvgIpc) is 3.23. The van der Waals surface area contributed by atoms with E-state index >= 15 is 0 Å². The van der Waals surface area contributed by atoms with Crippen LogP contribution in [0.25, 0.3) is 11.2 Å². The Morgan fingerprint density at radius 3 is 2.70 bits per heavy atom. The molecule has 1 saturated heterocycles. The van der Waals surface area contributed by atoms with Crippen molar-refractivity contribution in [2.75, 3.05) is 11.9 Å². The minimum Gasteiger partial charge on any atom is -0.463 e. The Morgan fingerprint density at radius 1 is 1.33 bits per heavy atom. The third-order valence-corrected chi connectivity index (χ3v) is 4.46. The molecule has 30 heavy (non-hydrogen) atoms. The third-order valence-electron chi connectivity index (χ3n) is 4.46. The van der Waals surface area contributed by atoms with Crippen LogP contribution in [0, 0.1) is 5.92 Å². The maximum Gasteiger partial charge on any atom is 0.303 e. The molecule has 12 heteroatoms. The molecular formula is C18H23N5O7. The molecule has 2 N–H and O–H groups in total. The van der Waals surface area contributed by atoms with Crippen LogP contribution in [-0.4, -0.2) is 56.2 Å². The van der Waals surface area contributed by atoms with Crippen LogP contribution in [0.5, 0.6) is 0 Å². The quantitative estimate of drug-likeness (QED) is 0.634. The fourth-order valence-corrected chi connectivity index (χ4v) is 3.01. The molecule has 2 aromatic heterocycles. The Morgan fingerprint density at radius 2 is 2.07 bits per heavy atom. The summed E-state index contributed by atoms with van der Waals surface area (Å²) >= 11 is 0. The van der Waals surface area contributed by atoms with Crippen molar-refractivity contribution in [2.45, 2.75) is 52.6 Å². The van der Waals surface area contributed by atoms with E-state index in [9.17, 15) is 19.2 Å². The van der Waals surface area contributed by atoms with Crippen molar-refractivity contribution >= 4 is 35.0 Å². The van der Waals surface area contributed by atoms with Gasteiger partial charge in [0, 0.05) is 26.2 Å². The van der Waals surface area contributed by atoms with Crippen molar-refractivity contribution in [3.8, 4) is 0 Å². The van der Waals surface area contributed by atoms with Crippen molar-refractivity contribution < 1.29 is 28.6 Å². The zero-order valence-electron chi connectivity index (χ0n) is 17.0. The molecule has 0 spiro atoms. The number of carbonyl (C=O) groups excluding carboxylic acids is 3. The molecule has 0 unspecified atom stereocenters. The number of aromatic nitrogens is 4. The second-order valence-electron chi connectivity index (χ2n) is 7.20. The fourth-order valence-electron chi connectivity index (χ4n) is 3.01. The normalized spacial score (nSPS) is 21.0. The van der Waals surface area contributed by atoms with Gasteiger partial charge < -0.3 is 14.2 Å². The number of H-pyrrole nitrogens is 1. The Labute approximate surface area is 170 Å². The van der Waals surface area contributed by atoms with E-state index in [4.69, 9.17) is 14.2 Å². The molecule has 0 aromatic carbocycles. The first-order chi connectivity index (χ1) is 14.2. The van der Waals surface area contributed by atoms with Crippen LogP contribution in [0.4, 0.5) is 5.95 Å². The van der Waals surface area contributed by atoms with E-state index in [1.165, 1.54) is 24.7 Å². The number of ether oxygens (including phenoxy) is 3. The van der Waals surface area contributed by atoms with Crippen LogP contribution in [-0.2, 0) is 28.6 Å². The van der Waals surface area contributed by atoms with E-state index in [0.717, 1.165) is 0 Å². The number of carbonyl (C=O) groups is 3. The number of esters is 2. The van der Waals surface area contributed by atoms with Crippen molar-refractivity contribution in [3.05, 3.63) is 16.7 Å². The zero-order valence-corrected chi connectivity index (χ0v) is 17.0. The molecule has 1 amide bonds. The predicted molar refractivity (Wildman–Crippen MR) is 102 cm³/mol. The van der Waals surface area contributed by atoms with Crippen LogP contribution in [0.15, 0.2) is 11.1 Å². The van der Waals surface area contributed by atoms with Crippen LogP contribution < -0.4 is 10.9 Å². The summed E-state index contributed by atoms with van der Waals surface area (Å²) in [4.78, 5) is 57.7. The second-order valence-corrected chi connectivity index (χ2v) is 7.20. The number of imidazole rings is 1. The topological polar surface area (TPSA) is 154 Å². The zero-order chi connectivity index (χ0) is 22.0. The molecule has 0 radical (unpaired) electrons. The van der Waals surface area contributed by atoms with Gasteiger partial charge in [0.2, 0.25) is 11.9 Å². The van der Waals surface area contributed by atoms with E-state index in [1.807, 2.05) is 0 Å². The number of hydrogen-bond donors (Lipinski definition) is 2. The second kappa shape index (κ2) is 8.61. The standard InChI is InChI=1S/C18H23N5O7/c1-8(2)16(26)21-18-20-15-14(17(27)22-18)19-7-23(15)13-5-11(29-10(4)25)12(30-13)6-28-9(3)24/h7-8,11-13H,5-6H2,1-4H3,(H2,20,21,22,26,27)/t11-,12+,13+/m1/s1. The lowest BCUT2D eigenvalue weighted by Gasteiger charge is -2.17. The van der Waals surface area contributed by atoms with Crippen LogP contribution >= 0.6 is 0 Å². The number of anilines is 1. The summed E-state index contributed by atoms with van der Waals surface area (Å²) in [5.74, 6) is -1.62. The van der Waals surface area contributed by atoms with Gasteiger partial charge in [-0.3, -0.25) is 34.0 Å². The molecule has 3 heterocycles. The highest BCUT2D eigenvalue weighted by atomic mass is 16.6. The molecule has 3 rings (SSSR count). The summed E-state index contributed by atoms with van der Waals surface area (Å²) in [5.41, 5.74) is -0.269. The summed E-state index contributed by atoms with van der Waals surface area (Å²) in [6, 6.07) is 0. The largest absolute Gasteiger partial charge is 0.463 e.